The van der Waals surface area contributed by atoms with Crippen molar-refractivity contribution >= 4 is 35.1 Å². The molecule has 1 aliphatic rings. The predicted octanol–water partition coefficient (Wildman–Crippen LogP) is 3.16. The molecule has 0 radical (unpaired) electrons. The Morgan fingerprint density at radius 3 is 1.67 bits per heavy atom. The van der Waals surface area contributed by atoms with Gasteiger partial charge in [0, 0.05) is 6.92 Å². The Labute approximate surface area is 184 Å². The molecule has 2 aromatic carbocycles. The van der Waals surface area contributed by atoms with Crippen LogP contribution >= 0.6 is 0 Å². The van der Waals surface area contributed by atoms with Crippen LogP contribution in [0.2, 0.25) is 0 Å². The van der Waals surface area contributed by atoms with Crippen molar-refractivity contribution in [2.45, 2.75) is 32.7 Å². The predicted molar refractivity (Wildman–Crippen MR) is 105 cm³/mol. The fourth-order valence-corrected chi connectivity index (χ4v) is 3.86. The number of hydrogen-bond acceptors (Lipinski definition) is 5. The average molecular weight is 464 g/mol. The van der Waals surface area contributed by atoms with E-state index in [2.05, 4.69) is 0 Å². The smallest absolute Gasteiger partial charge is 0.267 e. The molecule has 0 N–H and O–H groups in total. The quantitative estimate of drug-likeness (QED) is 0.223. The van der Waals surface area contributed by atoms with E-state index in [9.17, 15) is 41.5 Å². The highest BCUT2D eigenvalue weighted by Gasteiger charge is 2.59. The van der Waals surface area contributed by atoms with Gasteiger partial charge in [-0.05, 0) is 25.5 Å². The van der Waals surface area contributed by atoms with Gasteiger partial charge < -0.3 is 0 Å². The highest BCUT2D eigenvalue weighted by molar-refractivity contribution is 6.32. The first-order chi connectivity index (χ1) is 15.4. The second-order valence-corrected chi connectivity index (χ2v) is 7.22. The first-order valence-corrected chi connectivity index (χ1v) is 9.59. The van der Waals surface area contributed by atoms with Crippen LogP contribution in [-0.4, -0.2) is 39.9 Å². The van der Waals surface area contributed by atoms with Gasteiger partial charge in [-0.3, -0.25) is 28.9 Å². The highest BCUT2D eigenvalue weighted by atomic mass is 19.2. The summed E-state index contributed by atoms with van der Waals surface area (Å²) in [6.07, 6.45) is -0.600. The lowest BCUT2D eigenvalue weighted by molar-refractivity contribution is -0.140. The summed E-state index contributed by atoms with van der Waals surface area (Å²) < 4.78 is 56.3. The summed E-state index contributed by atoms with van der Waals surface area (Å²) in [5.41, 5.74) is -5.64. The van der Waals surface area contributed by atoms with Crippen molar-refractivity contribution in [3.63, 3.8) is 0 Å². The number of halogens is 4. The Morgan fingerprint density at radius 1 is 0.848 bits per heavy atom. The highest BCUT2D eigenvalue weighted by Crippen LogP contribution is 2.38. The first-order valence-electron chi connectivity index (χ1n) is 9.59. The van der Waals surface area contributed by atoms with Gasteiger partial charge in [0.05, 0.1) is 16.8 Å². The Balaban J connectivity index is 2.29. The molecule has 0 aromatic heterocycles. The molecule has 11 heteroatoms. The lowest BCUT2D eigenvalue weighted by Gasteiger charge is -2.39. The minimum absolute atomic E-state index is 0.0138. The number of hydrogen-bond donors (Lipinski definition) is 0. The second-order valence-electron chi connectivity index (χ2n) is 7.22. The lowest BCUT2D eigenvalue weighted by atomic mass is 9.87. The number of fused-ring (bicyclic) bond motifs is 1. The standard InChI is InChI=1S/C22H16F4N2O5/c1-4-22(10(2)29,21(33)27(11(3)30)12-8-6-5-7-9-12)28-19(31)13-14(20(28)32)16(24)18(26)17(25)15(13)23/h5-9H,4H2,1-3H3. The molecule has 0 bridgehead atoms. The SMILES string of the molecule is CCC(C(C)=O)(C(=O)N(C(C)=O)c1ccccc1)N1C(=O)c2c(F)c(F)c(F)c(F)c2C1=O. The van der Waals surface area contributed by atoms with Gasteiger partial charge in [0.2, 0.25) is 5.91 Å². The number of para-hydroxylation sites is 1. The summed E-state index contributed by atoms with van der Waals surface area (Å²) in [5, 5.41) is 0. The van der Waals surface area contributed by atoms with E-state index < -0.39 is 75.8 Å². The van der Waals surface area contributed by atoms with Gasteiger partial charge in [-0.2, -0.15) is 0 Å². The molecule has 172 valence electrons. The Kier molecular flexibility index (Phi) is 5.93. The van der Waals surface area contributed by atoms with Crippen molar-refractivity contribution in [1.82, 2.24) is 4.90 Å². The van der Waals surface area contributed by atoms with Crippen LogP contribution in [0.4, 0.5) is 23.2 Å². The maximum Gasteiger partial charge on any atom is 0.267 e. The number of Topliss-reactive ketones (excluding diaryl/α,β-unsaturated/α-hetero) is 1. The largest absolute Gasteiger partial charge is 0.297 e. The maximum atomic E-state index is 14.4. The molecule has 1 unspecified atom stereocenters. The van der Waals surface area contributed by atoms with E-state index >= 15 is 0 Å². The first kappa shape index (κ1) is 23.8. The Bertz CT molecular complexity index is 1180. The summed E-state index contributed by atoms with van der Waals surface area (Å²) in [5.74, 6) is -15.7. The molecule has 0 saturated carbocycles. The topological polar surface area (TPSA) is 91.8 Å². The fraction of sp³-hybridized carbons (Fsp3) is 0.227. The summed E-state index contributed by atoms with van der Waals surface area (Å²) >= 11 is 0. The molecule has 0 spiro atoms. The molecule has 7 nitrogen and oxygen atoms in total. The van der Waals surface area contributed by atoms with Crippen LogP contribution in [0.1, 0.15) is 47.9 Å². The Morgan fingerprint density at radius 2 is 1.30 bits per heavy atom. The van der Waals surface area contributed by atoms with Crippen LogP contribution < -0.4 is 4.90 Å². The van der Waals surface area contributed by atoms with E-state index in [0.29, 0.717) is 4.90 Å². The molecular weight excluding hydrogens is 448 g/mol. The summed E-state index contributed by atoms with van der Waals surface area (Å²) in [7, 11) is 0. The van der Waals surface area contributed by atoms with Crippen LogP contribution in [0.5, 0.6) is 0 Å². The average Bonchev–Trinajstić information content (AvgIpc) is 3.03. The van der Waals surface area contributed by atoms with Gasteiger partial charge in [0.15, 0.2) is 34.6 Å². The fourth-order valence-electron chi connectivity index (χ4n) is 3.86. The molecule has 2 aromatic rings. The number of benzene rings is 2. The normalized spacial score (nSPS) is 14.7. The van der Waals surface area contributed by atoms with Gasteiger partial charge in [-0.1, -0.05) is 25.1 Å². The summed E-state index contributed by atoms with van der Waals surface area (Å²) in [6.45, 7) is 3.04. The van der Waals surface area contributed by atoms with Crippen LogP contribution in [0.15, 0.2) is 30.3 Å². The van der Waals surface area contributed by atoms with Crippen molar-refractivity contribution in [2.24, 2.45) is 0 Å². The lowest BCUT2D eigenvalue weighted by Crippen LogP contribution is -2.66. The number of anilines is 1. The molecule has 0 saturated heterocycles. The Hall–Kier alpha value is -3.89. The molecule has 33 heavy (non-hydrogen) atoms. The third kappa shape index (κ3) is 3.22. The number of carbonyl (C=O) groups excluding carboxylic acids is 5. The summed E-state index contributed by atoms with van der Waals surface area (Å²) in [4.78, 5) is 65.2. The third-order valence-electron chi connectivity index (χ3n) is 5.46. The van der Waals surface area contributed by atoms with Gasteiger partial charge in [-0.15, -0.1) is 0 Å². The zero-order valence-corrected chi connectivity index (χ0v) is 17.5. The molecule has 3 rings (SSSR count). The zero-order chi connectivity index (χ0) is 24.8. The monoisotopic (exact) mass is 464 g/mol. The molecular formula is C22H16F4N2O5. The van der Waals surface area contributed by atoms with E-state index in [0.717, 1.165) is 13.8 Å². The zero-order valence-electron chi connectivity index (χ0n) is 17.5. The second kappa shape index (κ2) is 8.23. The van der Waals surface area contributed by atoms with Gasteiger partial charge in [0.1, 0.15) is 0 Å². The van der Waals surface area contributed by atoms with Crippen LogP contribution in [0.25, 0.3) is 0 Å². The van der Waals surface area contributed by atoms with Crippen molar-refractivity contribution in [3.8, 4) is 0 Å². The number of ketones is 1. The molecule has 4 amide bonds. The van der Waals surface area contributed by atoms with Crippen molar-refractivity contribution in [3.05, 3.63) is 64.7 Å². The number of amides is 4. The van der Waals surface area contributed by atoms with Gasteiger partial charge in [-0.25, -0.2) is 22.5 Å². The van der Waals surface area contributed by atoms with Crippen molar-refractivity contribution < 1.29 is 41.5 Å². The van der Waals surface area contributed by atoms with E-state index in [-0.39, 0.29) is 10.6 Å². The third-order valence-corrected chi connectivity index (χ3v) is 5.46. The van der Waals surface area contributed by atoms with E-state index in [1.807, 2.05) is 0 Å². The minimum Gasteiger partial charge on any atom is -0.297 e. The van der Waals surface area contributed by atoms with Crippen LogP contribution in [-0.2, 0) is 14.4 Å². The van der Waals surface area contributed by atoms with Crippen LogP contribution in [0, 0.1) is 23.3 Å². The van der Waals surface area contributed by atoms with Gasteiger partial charge in [0.25, 0.3) is 17.7 Å². The number of carbonyl (C=O) groups is 5. The number of imide groups is 2. The van der Waals surface area contributed by atoms with E-state index in [1.165, 1.54) is 31.2 Å². The van der Waals surface area contributed by atoms with Crippen molar-refractivity contribution in [1.29, 1.82) is 0 Å². The molecule has 1 heterocycles. The molecule has 0 aliphatic carbocycles. The summed E-state index contributed by atoms with van der Waals surface area (Å²) in [6, 6.07) is 7.19. The maximum absolute atomic E-state index is 14.4. The molecule has 0 fully saturated rings. The minimum atomic E-state index is -2.74. The number of nitrogens with zero attached hydrogens (tertiary/aromatic N) is 2. The van der Waals surface area contributed by atoms with E-state index in [4.69, 9.17) is 0 Å². The van der Waals surface area contributed by atoms with Crippen LogP contribution in [0.3, 0.4) is 0 Å². The van der Waals surface area contributed by atoms with Gasteiger partial charge >= 0.3 is 0 Å². The molecule has 1 aliphatic heterocycles. The molecule has 1 atom stereocenters. The van der Waals surface area contributed by atoms with Crippen molar-refractivity contribution in [2.75, 3.05) is 4.90 Å². The number of rotatable bonds is 5. The van der Waals surface area contributed by atoms with E-state index in [1.54, 1.807) is 6.07 Å².